The lowest BCUT2D eigenvalue weighted by atomic mass is 10.1. The first-order valence-corrected chi connectivity index (χ1v) is 9.91. The van der Waals surface area contributed by atoms with Crippen LogP contribution in [0.3, 0.4) is 0 Å². The molecule has 0 aliphatic carbocycles. The first-order chi connectivity index (χ1) is 11.0. The van der Waals surface area contributed by atoms with Crippen LogP contribution in [0.5, 0.6) is 5.75 Å². The highest BCUT2D eigenvalue weighted by Crippen LogP contribution is 2.30. The van der Waals surface area contributed by atoms with Gasteiger partial charge < -0.3 is 9.47 Å². The van der Waals surface area contributed by atoms with Crippen LogP contribution in [0.25, 0.3) is 0 Å². The number of hydrogen-bond acceptors (Lipinski definition) is 5. The molecular formula is C16H24ClNO4S. The Bertz CT molecular complexity index is 621. The van der Waals surface area contributed by atoms with Gasteiger partial charge in [0, 0.05) is 32.8 Å². The number of hydrogen-bond donors (Lipinski definition) is 0. The van der Waals surface area contributed by atoms with Gasteiger partial charge >= 0.3 is 0 Å². The normalized spacial score (nSPS) is 20.1. The number of ether oxygens (including phenoxy) is 2. The van der Waals surface area contributed by atoms with E-state index in [0.717, 1.165) is 18.5 Å². The molecule has 0 spiro atoms. The fourth-order valence-electron chi connectivity index (χ4n) is 2.92. The minimum absolute atomic E-state index is 0.0409. The quantitative estimate of drug-likeness (QED) is 0.665. The van der Waals surface area contributed by atoms with Crippen LogP contribution in [0.15, 0.2) is 18.2 Å². The fraction of sp³-hybridized carbons (Fsp3) is 0.625. The molecule has 0 radical (unpaired) electrons. The summed E-state index contributed by atoms with van der Waals surface area (Å²) in [5.41, 5.74) is 0.952. The monoisotopic (exact) mass is 361 g/mol. The Morgan fingerprint density at radius 1 is 1.35 bits per heavy atom. The van der Waals surface area contributed by atoms with E-state index in [-0.39, 0.29) is 17.5 Å². The van der Waals surface area contributed by atoms with E-state index < -0.39 is 9.84 Å². The summed E-state index contributed by atoms with van der Waals surface area (Å²) >= 11 is 6.38. The number of sulfone groups is 1. The van der Waals surface area contributed by atoms with E-state index in [4.69, 9.17) is 21.1 Å². The summed E-state index contributed by atoms with van der Waals surface area (Å²) in [7, 11) is 0.341. The first-order valence-electron chi connectivity index (χ1n) is 7.71. The number of methoxy groups -OCH3 is 2. The molecule has 0 amide bonds. The van der Waals surface area contributed by atoms with Gasteiger partial charge in [-0.05, 0) is 24.5 Å². The number of nitrogens with zero attached hydrogens (tertiary/aromatic N) is 1. The van der Waals surface area contributed by atoms with Crippen LogP contribution in [0.1, 0.15) is 18.4 Å². The van der Waals surface area contributed by atoms with Gasteiger partial charge in [-0.25, -0.2) is 8.42 Å². The molecule has 1 fully saturated rings. The maximum absolute atomic E-state index is 11.8. The molecule has 1 atom stereocenters. The van der Waals surface area contributed by atoms with Gasteiger partial charge in [-0.2, -0.15) is 0 Å². The molecule has 1 aromatic rings. The Morgan fingerprint density at radius 3 is 2.74 bits per heavy atom. The van der Waals surface area contributed by atoms with E-state index in [1.54, 1.807) is 14.2 Å². The van der Waals surface area contributed by atoms with E-state index in [9.17, 15) is 8.42 Å². The second kappa shape index (κ2) is 8.33. The van der Waals surface area contributed by atoms with Gasteiger partial charge in [0.25, 0.3) is 0 Å². The van der Waals surface area contributed by atoms with E-state index >= 15 is 0 Å². The standard InChI is InChI=1S/C16H24ClNO4S/c1-21-9-4-8-18(14-7-10-23(19,20)12-14)11-13-5-3-6-15(22-2)16(13)17/h3,5-6,14H,4,7-12H2,1-2H3. The van der Waals surface area contributed by atoms with Crippen molar-refractivity contribution in [2.45, 2.75) is 25.4 Å². The number of rotatable bonds is 8. The number of halogens is 1. The highest BCUT2D eigenvalue weighted by atomic mass is 35.5. The van der Waals surface area contributed by atoms with E-state index in [1.807, 2.05) is 18.2 Å². The minimum atomic E-state index is -2.92. The Labute approximate surface area is 143 Å². The molecule has 0 saturated carbocycles. The molecule has 1 aliphatic rings. The van der Waals surface area contributed by atoms with E-state index in [0.29, 0.717) is 30.3 Å². The molecule has 1 heterocycles. The average molecular weight is 362 g/mol. The van der Waals surface area contributed by atoms with Gasteiger partial charge in [-0.15, -0.1) is 0 Å². The van der Waals surface area contributed by atoms with Crippen molar-refractivity contribution in [1.82, 2.24) is 4.90 Å². The molecule has 7 heteroatoms. The van der Waals surface area contributed by atoms with Crippen molar-refractivity contribution in [2.24, 2.45) is 0 Å². The maximum Gasteiger partial charge on any atom is 0.151 e. The van der Waals surface area contributed by atoms with Crippen molar-refractivity contribution in [3.63, 3.8) is 0 Å². The molecule has 1 aromatic carbocycles. The third-order valence-electron chi connectivity index (χ3n) is 4.16. The van der Waals surface area contributed by atoms with Gasteiger partial charge in [-0.3, -0.25) is 4.90 Å². The van der Waals surface area contributed by atoms with Crippen LogP contribution in [-0.2, 0) is 21.1 Å². The molecule has 1 unspecified atom stereocenters. The predicted molar refractivity (Wildman–Crippen MR) is 92.0 cm³/mol. The molecule has 0 bridgehead atoms. The fourth-order valence-corrected chi connectivity index (χ4v) is 4.95. The summed E-state index contributed by atoms with van der Waals surface area (Å²) in [6.45, 7) is 2.04. The molecular weight excluding hydrogens is 338 g/mol. The molecule has 1 aliphatic heterocycles. The molecule has 0 N–H and O–H groups in total. The average Bonchev–Trinajstić information content (AvgIpc) is 2.88. The Balaban J connectivity index is 2.14. The van der Waals surface area contributed by atoms with E-state index in [2.05, 4.69) is 4.90 Å². The Kier molecular flexibility index (Phi) is 6.71. The highest BCUT2D eigenvalue weighted by molar-refractivity contribution is 7.91. The smallest absolute Gasteiger partial charge is 0.151 e. The van der Waals surface area contributed by atoms with Gasteiger partial charge in [0.15, 0.2) is 9.84 Å². The zero-order chi connectivity index (χ0) is 16.9. The summed E-state index contributed by atoms with van der Waals surface area (Å²) in [6.07, 6.45) is 1.53. The first kappa shape index (κ1) is 18.5. The number of benzene rings is 1. The summed E-state index contributed by atoms with van der Waals surface area (Å²) < 4.78 is 34.0. The van der Waals surface area contributed by atoms with Crippen molar-refractivity contribution < 1.29 is 17.9 Å². The predicted octanol–water partition coefficient (Wildman–Crippen LogP) is 2.37. The molecule has 1 saturated heterocycles. The van der Waals surface area contributed by atoms with Crippen LogP contribution in [0.4, 0.5) is 0 Å². The minimum Gasteiger partial charge on any atom is -0.495 e. The van der Waals surface area contributed by atoms with Crippen molar-refractivity contribution in [3.05, 3.63) is 28.8 Å². The lowest BCUT2D eigenvalue weighted by Crippen LogP contribution is -2.37. The van der Waals surface area contributed by atoms with Crippen LogP contribution < -0.4 is 4.74 Å². The van der Waals surface area contributed by atoms with Gasteiger partial charge in [0.05, 0.1) is 23.6 Å². The van der Waals surface area contributed by atoms with Crippen LogP contribution in [-0.4, -0.2) is 58.2 Å². The van der Waals surface area contributed by atoms with Crippen LogP contribution in [0.2, 0.25) is 5.02 Å². The van der Waals surface area contributed by atoms with Gasteiger partial charge in [0.2, 0.25) is 0 Å². The molecule has 23 heavy (non-hydrogen) atoms. The van der Waals surface area contributed by atoms with Crippen LogP contribution in [0, 0.1) is 0 Å². The van der Waals surface area contributed by atoms with E-state index in [1.165, 1.54) is 0 Å². The van der Waals surface area contributed by atoms with Crippen molar-refractivity contribution in [1.29, 1.82) is 0 Å². The summed E-state index contributed by atoms with van der Waals surface area (Å²) in [5.74, 6) is 1.13. The zero-order valence-corrected chi connectivity index (χ0v) is 15.2. The second-order valence-corrected chi connectivity index (χ2v) is 8.41. The molecule has 0 aromatic heterocycles. The topological polar surface area (TPSA) is 55.8 Å². The summed E-state index contributed by atoms with van der Waals surface area (Å²) in [4.78, 5) is 2.20. The van der Waals surface area contributed by atoms with Gasteiger partial charge in [0.1, 0.15) is 5.75 Å². The molecule has 5 nitrogen and oxygen atoms in total. The molecule has 2 rings (SSSR count). The maximum atomic E-state index is 11.8. The van der Waals surface area contributed by atoms with Crippen molar-refractivity contribution >= 4 is 21.4 Å². The summed E-state index contributed by atoms with van der Waals surface area (Å²) in [6, 6.07) is 5.72. The second-order valence-electron chi connectivity index (χ2n) is 5.81. The lowest BCUT2D eigenvalue weighted by molar-refractivity contribution is 0.150. The summed E-state index contributed by atoms with van der Waals surface area (Å²) in [5, 5.41) is 0.590. The molecule has 130 valence electrons. The zero-order valence-electron chi connectivity index (χ0n) is 13.6. The van der Waals surface area contributed by atoms with Gasteiger partial charge in [-0.1, -0.05) is 23.7 Å². The Hall–Kier alpha value is -0.820. The third-order valence-corrected chi connectivity index (χ3v) is 6.33. The highest BCUT2D eigenvalue weighted by Gasteiger charge is 2.32. The van der Waals surface area contributed by atoms with Crippen molar-refractivity contribution in [3.8, 4) is 5.75 Å². The SMILES string of the molecule is COCCCN(Cc1cccc(OC)c1Cl)C1CCS(=O)(=O)C1. The third kappa shape index (κ3) is 5.08. The lowest BCUT2D eigenvalue weighted by Gasteiger charge is -2.28. The van der Waals surface area contributed by atoms with Crippen molar-refractivity contribution in [2.75, 3.05) is 38.9 Å². The largest absolute Gasteiger partial charge is 0.495 e. The Morgan fingerprint density at radius 2 is 2.13 bits per heavy atom. The van der Waals surface area contributed by atoms with Crippen LogP contribution >= 0.6 is 11.6 Å².